The number of carbonyl (C=O) groups excluding carboxylic acids is 1. The largest absolute Gasteiger partial charge is 0.324 e. The lowest BCUT2D eigenvalue weighted by Crippen LogP contribution is -2.33. The Balaban J connectivity index is 1.32. The molecule has 150 valence electrons. The Kier molecular flexibility index (Phi) is 4.70. The number of imidazole rings is 1. The van der Waals surface area contributed by atoms with Crippen molar-refractivity contribution in [1.29, 1.82) is 0 Å². The number of aryl methyl sites for hydroxylation is 3. The highest BCUT2D eigenvalue weighted by molar-refractivity contribution is 5.89. The van der Waals surface area contributed by atoms with Crippen molar-refractivity contribution in [3.63, 3.8) is 0 Å². The van der Waals surface area contributed by atoms with Crippen LogP contribution in [-0.2, 0) is 19.4 Å². The molecule has 1 saturated heterocycles. The zero-order valence-electron chi connectivity index (χ0n) is 16.9. The molecule has 2 aliphatic rings. The molecule has 5 rings (SSSR count). The number of nitrogens with zero attached hydrogens (tertiary/aromatic N) is 4. The third-order valence-electron chi connectivity index (χ3n) is 6.17. The minimum absolute atomic E-state index is 0.0123. The summed E-state index contributed by atoms with van der Waals surface area (Å²) in [6.45, 7) is 4.53. The first-order valence-electron chi connectivity index (χ1n) is 10.7. The van der Waals surface area contributed by atoms with Gasteiger partial charge in [-0.25, -0.2) is 14.8 Å². The number of nitrogens with one attached hydrogen (secondary N) is 1. The quantitative estimate of drug-likeness (QED) is 0.721. The van der Waals surface area contributed by atoms with Crippen molar-refractivity contribution in [2.24, 2.45) is 0 Å². The molecular formula is C23H27N5O. The number of amides is 2. The highest BCUT2D eigenvalue weighted by Gasteiger charge is 2.31. The van der Waals surface area contributed by atoms with Crippen LogP contribution in [0.1, 0.15) is 49.1 Å². The van der Waals surface area contributed by atoms with Crippen molar-refractivity contribution >= 4 is 22.9 Å². The lowest BCUT2D eigenvalue weighted by Gasteiger charge is -2.18. The Labute approximate surface area is 171 Å². The van der Waals surface area contributed by atoms with Crippen LogP contribution >= 0.6 is 0 Å². The van der Waals surface area contributed by atoms with E-state index in [1.54, 1.807) is 0 Å². The van der Waals surface area contributed by atoms with Gasteiger partial charge in [0.15, 0.2) is 5.65 Å². The first-order valence-corrected chi connectivity index (χ1v) is 10.7. The molecule has 29 heavy (non-hydrogen) atoms. The van der Waals surface area contributed by atoms with Crippen LogP contribution in [0.25, 0.3) is 11.2 Å². The van der Waals surface area contributed by atoms with E-state index in [-0.39, 0.29) is 11.9 Å². The van der Waals surface area contributed by atoms with Crippen LogP contribution in [0, 0.1) is 0 Å². The number of pyridine rings is 1. The average molecular weight is 390 g/mol. The monoisotopic (exact) mass is 389 g/mol. The van der Waals surface area contributed by atoms with Gasteiger partial charge in [0.05, 0.1) is 0 Å². The fourth-order valence-corrected chi connectivity index (χ4v) is 4.74. The maximum atomic E-state index is 12.8. The van der Waals surface area contributed by atoms with Crippen molar-refractivity contribution in [3.8, 4) is 0 Å². The lowest BCUT2D eigenvalue weighted by molar-refractivity contribution is 0.222. The predicted molar refractivity (Wildman–Crippen MR) is 114 cm³/mol. The fraction of sp³-hybridized carbons (Fsp3) is 0.435. The summed E-state index contributed by atoms with van der Waals surface area (Å²) < 4.78 is 2.24. The summed E-state index contributed by atoms with van der Waals surface area (Å²) in [5.74, 6) is 1.31. The number of likely N-dealkylation sites (tertiary alicyclic amines) is 1. The second kappa shape index (κ2) is 7.50. The summed E-state index contributed by atoms with van der Waals surface area (Å²) >= 11 is 0. The second-order valence-electron chi connectivity index (χ2n) is 8.17. The van der Waals surface area contributed by atoms with Crippen LogP contribution in [0.5, 0.6) is 0 Å². The van der Waals surface area contributed by atoms with Crippen LogP contribution in [0.15, 0.2) is 36.5 Å². The number of aromatic nitrogens is 3. The molecular weight excluding hydrogens is 362 g/mol. The molecule has 1 atom stereocenters. The average Bonchev–Trinajstić information content (AvgIpc) is 3.46. The highest BCUT2D eigenvalue weighted by atomic mass is 16.2. The van der Waals surface area contributed by atoms with Gasteiger partial charge in [-0.2, -0.15) is 0 Å². The zero-order chi connectivity index (χ0) is 19.8. The Morgan fingerprint density at radius 2 is 2.14 bits per heavy atom. The molecule has 2 amide bonds. The van der Waals surface area contributed by atoms with Crippen LogP contribution in [-0.4, -0.2) is 38.6 Å². The van der Waals surface area contributed by atoms with E-state index < -0.39 is 0 Å². The summed E-state index contributed by atoms with van der Waals surface area (Å²) in [5, 5.41) is 3.10. The van der Waals surface area contributed by atoms with E-state index in [4.69, 9.17) is 4.98 Å². The van der Waals surface area contributed by atoms with E-state index in [9.17, 15) is 4.79 Å². The zero-order valence-corrected chi connectivity index (χ0v) is 16.9. The second-order valence-corrected chi connectivity index (χ2v) is 8.17. The van der Waals surface area contributed by atoms with Crippen LogP contribution in [0.2, 0.25) is 0 Å². The smallest absolute Gasteiger partial charge is 0.321 e. The van der Waals surface area contributed by atoms with Crippen LogP contribution in [0.3, 0.4) is 0 Å². The van der Waals surface area contributed by atoms with Crippen molar-refractivity contribution in [1.82, 2.24) is 19.4 Å². The molecule has 2 aromatic heterocycles. The molecule has 1 N–H and O–H groups in total. The number of hydrogen-bond donors (Lipinski definition) is 1. The molecule has 0 saturated carbocycles. The Morgan fingerprint density at radius 3 is 3.03 bits per heavy atom. The predicted octanol–water partition coefficient (Wildman–Crippen LogP) is 4.35. The van der Waals surface area contributed by atoms with Gasteiger partial charge in [0.2, 0.25) is 0 Å². The van der Waals surface area contributed by atoms with E-state index in [0.29, 0.717) is 6.54 Å². The molecule has 1 aromatic carbocycles. The molecule has 1 aliphatic carbocycles. The summed E-state index contributed by atoms with van der Waals surface area (Å²) in [6, 6.07) is 10.3. The third kappa shape index (κ3) is 3.37. The summed E-state index contributed by atoms with van der Waals surface area (Å²) in [7, 11) is 0. The maximum absolute atomic E-state index is 12.8. The summed E-state index contributed by atoms with van der Waals surface area (Å²) in [6.07, 6.45) is 7.28. The molecule has 1 aliphatic heterocycles. The van der Waals surface area contributed by atoms with Crippen molar-refractivity contribution in [2.75, 3.05) is 18.4 Å². The minimum Gasteiger partial charge on any atom is -0.324 e. The van der Waals surface area contributed by atoms with Gasteiger partial charge in [-0.1, -0.05) is 13.0 Å². The topological polar surface area (TPSA) is 63.1 Å². The number of hydrogen-bond acceptors (Lipinski definition) is 3. The van der Waals surface area contributed by atoms with E-state index in [0.717, 1.165) is 61.4 Å². The Morgan fingerprint density at radius 1 is 1.24 bits per heavy atom. The normalized spacial score (nSPS) is 18.4. The van der Waals surface area contributed by atoms with E-state index in [2.05, 4.69) is 33.9 Å². The van der Waals surface area contributed by atoms with Gasteiger partial charge >= 0.3 is 6.03 Å². The van der Waals surface area contributed by atoms with Gasteiger partial charge in [0.25, 0.3) is 0 Å². The first kappa shape index (κ1) is 18.2. The molecule has 1 fully saturated rings. The van der Waals surface area contributed by atoms with Crippen molar-refractivity contribution in [2.45, 2.75) is 51.5 Å². The van der Waals surface area contributed by atoms with E-state index in [1.807, 2.05) is 29.3 Å². The van der Waals surface area contributed by atoms with Crippen LogP contribution < -0.4 is 5.32 Å². The number of benzene rings is 1. The molecule has 3 aromatic rings. The van der Waals surface area contributed by atoms with E-state index in [1.165, 1.54) is 17.5 Å². The molecule has 0 bridgehead atoms. The number of fused-ring (bicyclic) bond motifs is 2. The summed E-state index contributed by atoms with van der Waals surface area (Å²) in [4.78, 5) is 24.2. The van der Waals surface area contributed by atoms with E-state index >= 15 is 0 Å². The standard InChI is InChI=1S/C23H27N5O/c1-2-12-28-21(26-20-7-4-11-24-22(20)28)18-10-13-27(15-18)23(29)25-19-9-8-16-5-3-6-17(16)14-19/h4,7-9,11,14,18H,2-3,5-6,10,12-13,15H2,1H3,(H,25,29). The van der Waals surface area contributed by atoms with Gasteiger partial charge in [0.1, 0.15) is 11.3 Å². The van der Waals surface area contributed by atoms with Crippen molar-refractivity contribution in [3.05, 3.63) is 53.5 Å². The maximum Gasteiger partial charge on any atom is 0.321 e. The third-order valence-corrected chi connectivity index (χ3v) is 6.17. The number of urea groups is 1. The first-order chi connectivity index (χ1) is 14.2. The van der Waals surface area contributed by atoms with Gasteiger partial charge in [-0.05, 0) is 67.5 Å². The fourth-order valence-electron chi connectivity index (χ4n) is 4.74. The highest BCUT2D eigenvalue weighted by Crippen LogP contribution is 2.30. The number of anilines is 1. The molecule has 6 nitrogen and oxygen atoms in total. The number of carbonyl (C=O) groups is 1. The molecule has 0 spiro atoms. The summed E-state index contributed by atoms with van der Waals surface area (Å²) in [5.41, 5.74) is 5.60. The van der Waals surface area contributed by atoms with Gasteiger partial charge in [-0.15, -0.1) is 0 Å². The van der Waals surface area contributed by atoms with Gasteiger partial charge in [-0.3, -0.25) is 0 Å². The Hall–Kier alpha value is -2.89. The minimum atomic E-state index is -0.0123. The van der Waals surface area contributed by atoms with Crippen molar-refractivity contribution < 1.29 is 4.79 Å². The van der Waals surface area contributed by atoms with Crippen LogP contribution in [0.4, 0.5) is 10.5 Å². The van der Waals surface area contributed by atoms with Gasteiger partial charge in [0, 0.05) is 37.4 Å². The SMILES string of the molecule is CCCn1c(C2CCN(C(=O)Nc3ccc4c(c3)CCC4)C2)nc2cccnc21. The lowest BCUT2D eigenvalue weighted by atomic mass is 10.1. The molecule has 6 heteroatoms. The molecule has 3 heterocycles. The molecule has 0 radical (unpaired) electrons. The number of rotatable bonds is 4. The van der Waals surface area contributed by atoms with Gasteiger partial charge < -0.3 is 14.8 Å². The Bertz CT molecular complexity index is 1060. The molecule has 1 unspecified atom stereocenters.